The summed E-state index contributed by atoms with van der Waals surface area (Å²) in [6, 6.07) is 6.18. The number of anilines is 1. The number of hydrogen-bond donors (Lipinski definition) is 2. The number of rotatable bonds is 8. The number of fused-ring (bicyclic) bond motifs is 1. The van der Waals surface area contributed by atoms with Crippen molar-refractivity contribution in [2.24, 2.45) is 5.92 Å². The van der Waals surface area contributed by atoms with Gasteiger partial charge in [-0.15, -0.1) is 0 Å². The standard InChI is InChI=1S/C24H28N4O6/c1-6-32-23(30)17-14(5)34-22-18(17)20(25)26-16(27-22)11-33-24(31)19(12(2)3)28-21(29)15-9-7-8-13(4)10-15/h7-10,12,19H,6,11H2,1-5H3,(H,28,29)(H2,25,26,27). The lowest BCUT2D eigenvalue weighted by Gasteiger charge is -2.20. The second-order valence-corrected chi connectivity index (χ2v) is 8.13. The Kier molecular flexibility index (Phi) is 7.50. The van der Waals surface area contributed by atoms with Crippen molar-refractivity contribution in [3.63, 3.8) is 0 Å². The molecule has 0 aliphatic carbocycles. The molecule has 0 aliphatic heterocycles. The van der Waals surface area contributed by atoms with Gasteiger partial charge in [0.25, 0.3) is 5.91 Å². The SMILES string of the molecule is CCOC(=O)c1c(C)oc2nc(COC(=O)C(NC(=O)c3cccc(C)c3)C(C)C)nc(N)c12. The third-order valence-electron chi connectivity index (χ3n) is 5.11. The average molecular weight is 469 g/mol. The Labute approximate surface area is 196 Å². The first-order valence-corrected chi connectivity index (χ1v) is 10.9. The highest BCUT2D eigenvalue weighted by atomic mass is 16.5. The topological polar surface area (TPSA) is 147 Å². The number of esters is 2. The third kappa shape index (κ3) is 5.33. The molecule has 0 saturated heterocycles. The van der Waals surface area contributed by atoms with Crippen LogP contribution in [0.15, 0.2) is 28.7 Å². The Morgan fingerprint density at radius 3 is 2.53 bits per heavy atom. The average Bonchev–Trinajstić information content (AvgIpc) is 3.12. The highest BCUT2D eigenvalue weighted by Crippen LogP contribution is 2.29. The second kappa shape index (κ2) is 10.3. The van der Waals surface area contributed by atoms with Crippen molar-refractivity contribution in [1.82, 2.24) is 15.3 Å². The zero-order valence-corrected chi connectivity index (χ0v) is 19.8. The molecule has 1 atom stereocenters. The van der Waals surface area contributed by atoms with Crippen LogP contribution in [-0.4, -0.2) is 40.5 Å². The molecule has 10 heteroatoms. The van der Waals surface area contributed by atoms with Gasteiger partial charge in [-0.25, -0.2) is 14.6 Å². The van der Waals surface area contributed by atoms with Crippen LogP contribution in [0.3, 0.4) is 0 Å². The Morgan fingerprint density at radius 2 is 1.88 bits per heavy atom. The van der Waals surface area contributed by atoms with Gasteiger partial charge in [0.15, 0.2) is 12.4 Å². The number of carbonyl (C=O) groups is 3. The van der Waals surface area contributed by atoms with E-state index in [0.29, 0.717) is 11.3 Å². The number of nitrogens with two attached hydrogens (primary N) is 1. The summed E-state index contributed by atoms with van der Waals surface area (Å²) in [5.74, 6) is -1.44. The van der Waals surface area contributed by atoms with E-state index >= 15 is 0 Å². The van der Waals surface area contributed by atoms with Crippen LogP contribution in [0.25, 0.3) is 11.1 Å². The highest BCUT2D eigenvalue weighted by molar-refractivity contribution is 6.07. The van der Waals surface area contributed by atoms with Crippen molar-refractivity contribution in [2.45, 2.75) is 47.3 Å². The molecular formula is C24H28N4O6. The van der Waals surface area contributed by atoms with E-state index in [9.17, 15) is 14.4 Å². The molecule has 0 radical (unpaired) electrons. The molecule has 0 spiro atoms. The number of amides is 1. The van der Waals surface area contributed by atoms with Gasteiger partial charge in [-0.2, -0.15) is 4.98 Å². The summed E-state index contributed by atoms with van der Waals surface area (Å²) in [7, 11) is 0. The third-order valence-corrected chi connectivity index (χ3v) is 5.11. The monoisotopic (exact) mass is 468 g/mol. The van der Waals surface area contributed by atoms with Gasteiger partial charge in [-0.1, -0.05) is 31.5 Å². The molecule has 180 valence electrons. The summed E-state index contributed by atoms with van der Waals surface area (Å²) >= 11 is 0. The summed E-state index contributed by atoms with van der Waals surface area (Å²) < 4.78 is 16.0. The summed E-state index contributed by atoms with van der Waals surface area (Å²) in [4.78, 5) is 46.0. The van der Waals surface area contributed by atoms with Crippen molar-refractivity contribution in [3.05, 3.63) is 52.5 Å². The van der Waals surface area contributed by atoms with Gasteiger partial charge in [0, 0.05) is 5.56 Å². The maximum atomic E-state index is 12.8. The Hall–Kier alpha value is -3.95. The van der Waals surface area contributed by atoms with Crippen molar-refractivity contribution in [3.8, 4) is 0 Å². The fourth-order valence-corrected chi connectivity index (χ4v) is 3.43. The van der Waals surface area contributed by atoms with E-state index in [-0.39, 0.29) is 53.3 Å². The van der Waals surface area contributed by atoms with Gasteiger partial charge in [-0.3, -0.25) is 4.79 Å². The molecule has 1 amide bonds. The zero-order valence-electron chi connectivity index (χ0n) is 19.8. The van der Waals surface area contributed by atoms with E-state index in [4.69, 9.17) is 19.6 Å². The summed E-state index contributed by atoms with van der Waals surface area (Å²) in [6.07, 6.45) is 0. The predicted molar refractivity (Wildman–Crippen MR) is 124 cm³/mol. The number of nitrogen functional groups attached to an aromatic ring is 1. The lowest BCUT2D eigenvalue weighted by atomic mass is 10.0. The van der Waals surface area contributed by atoms with E-state index in [0.717, 1.165) is 5.56 Å². The fraction of sp³-hybridized carbons (Fsp3) is 0.375. The van der Waals surface area contributed by atoms with E-state index in [1.54, 1.807) is 45.9 Å². The van der Waals surface area contributed by atoms with Crippen LogP contribution < -0.4 is 11.1 Å². The quantitative estimate of drug-likeness (QED) is 0.476. The number of aryl methyl sites for hydroxylation is 2. The molecule has 2 heterocycles. The van der Waals surface area contributed by atoms with Crippen molar-refractivity contribution >= 4 is 34.8 Å². The van der Waals surface area contributed by atoms with E-state index in [2.05, 4.69) is 15.3 Å². The van der Waals surface area contributed by atoms with Crippen molar-refractivity contribution < 1.29 is 28.3 Å². The van der Waals surface area contributed by atoms with Gasteiger partial charge >= 0.3 is 11.9 Å². The maximum absolute atomic E-state index is 12.8. The van der Waals surface area contributed by atoms with Crippen LogP contribution in [-0.2, 0) is 20.9 Å². The van der Waals surface area contributed by atoms with Crippen LogP contribution in [0.2, 0.25) is 0 Å². The molecule has 10 nitrogen and oxygen atoms in total. The zero-order chi connectivity index (χ0) is 25.0. The Balaban J connectivity index is 1.75. The summed E-state index contributed by atoms with van der Waals surface area (Å²) in [5.41, 5.74) is 7.68. The minimum atomic E-state index is -0.879. The predicted octanol–water partition coefficient (Wildman–Crippen LogP) is 3.10. The van der Waals surface area contributed by atoms with E-state index in [1.165, 1.54) is 0 Å². The molecule has 3 rings (SSSR count). The summed E-state index contributed by atoms with van der Waals surface area (Å²) in [5, 5.41) is 2.97. The maximum Gasteiger partial charge on any atom is 0.342 e. The highest BCUT2D eigenvalue weighted by Gasteiger charge is 2.28. The molecule has 3 aromatic rings. The molecular weight excluding hydrogens is 440 g/mol. The van der Waals surface area contributed by atoms with E-state index < -0.39 is 18.0 Å². The van der Waals surface area contributed by atoms with Gasteiger partial charge in [-0.05, 0) is 38.8 Å². The number of carbonyl (C=O) groups excluding carboxylic acids is 3. The van der Waals surface area contributed by atoms with E-state index in [1.807, 2.05) is 13.0 Å². The van der Waals surface area contributed by atoms with Crippen LogP contribution in [0, 0.1) is 19.8 Å². The number of hydrogen-bond acceptors (Lipinski definition) is 9. The van der Waals surface area contributed by atoms with Crippen molar-refractivity contribution in [2.75, 3.05) is 12.3 Å². The molecule has 1 unspecified atom stereocenters. The van der Waals surface area contributed by atoms with Gasteiger partial charge in [0.05, 0.1) is 12.0 Å². The number of ether oxygens (including phenoxy) is 2. The molecule has 0 aliphatic rings. The van der Waals surface area contributed by atoms with Crippen LogP contribution in [0.5, 0.6) is 0 Å². The smallest absolute Gasteiger partial charge is 0.342 e. The lowest BCUT2D eigenvalue weighted by Crippen LogP contribution is -2.45. The lowest BCUT2D eigenvalue weighted by molar-refractivity contribution is -0.148. The minimum absolute atomic E-state index is 0.00381. The molecule has 2 aromatic heterocycles. The fourth-order valence-electron chi connectivity index (χ4n) is 3.43. The Morgan fingerprint density at radius 1 is 1.15 bits per heavy atom. The molecule has 0 saturated carbocycles. The largest absolute Gasteiger partial charge is 0.462 e. The van der Waals surface area contributed by atoms with Crippen LogP contribution in [0.4, 0.5) is 5.82 Å². The van der Waals surface area contributed by atoms with Crippen LogP contribution >= 0.6 is 0 Å². The first-order valence-electron chi connectivity index (χ1n) is 10.9. The minimum Gasteiger partial charge on any atom is -0.462 e. The number of furan rings is 1. The molecule has 34 heavy (non-hydrogen) atoms. The second-order valence-electron chi connectivity index (χ2n) is 8.13. The molecule has 3 N–H and O–H groups in total. The number of aromatic nitrogens is 2. The van der Waals surface area contributed by atoms with Gasteiger partial charge in [0.1, 0.15) is 23.2 Å². The number of nitrogens with zero attached hydrogens (tertiary/aromatic N) is 2. The van der Waals surface area contributed by atoms with Crippen molar-refractivity contribution in [1.29, 1.82) is 0 Å². The summed E-state index contributed by atoms with van der Waals surface area (Å²) in [6.45, 7) is 8.65. The molecule has 0 fully saturated rings. The first kappa shape index (κ1) is 24.7. The number of benzene rings is 1. The van der Waals surface area contributed by atoms with Gasteiger partial charge in [0.2, 0.25) is 5.71 Å². The number of nitrogens with one attached hydrogen (secondary N) is 1. The Bertz CT molecular complexity index is 1230. The molecule has 1 aromatic carbocycles. The molecule has 0 bridgehead atoms. The van der Waals surface area contributed by atoms with Gasteiger partial charge < -0.3 is 24.9 Å². The van der Waals surface area contributed by atoms with Crippen LogP contribution in [0.1, 0.15) is 58.6 Å². The first-order chi connectivity index (χ1) is 16.1. The normalized spacial score (nSPS) is 11.9.